The summed E-state index contributed by atoms with van der Waals surface area (Å²) >= 11 is 0. The fraction of sp³-hybridized carbons (Fsp3) is 0.765. The summed E-state index contributed by atoms with van der Waals surface area (Å²) in [5.41, 5.74) is 5.97. The molecule has 0 spiro atoms. The molecule has 0 unspecified atom stereocenters. The largest absolute Gasteiger partial charge is 0.257 e. The molecule has 18 heavy (non-hydrogen) atoms. The second kappa shape index (κ2) is 7.01. The maximum atomic E-state index is 4.88. The number of hydrogen-bond acceptors (Lipinski definition) is 0. The van der Waals surface area contributed by atoms with Gasteiger partial charge in [-0.3, -0.25) is 5.32 Å². The predicted octanol–water partition coefficient (Wildman–Crippen LogP) is 5.46. The van der Waals surface area contributed by atoms with Crippen molar-refractivity contribution in [2.45, 2.75) is 84.5 Å². The van der Waals surface area contributed by atoms with E-state index in [2.05, 4.69) is 13.8 Å². The standard InChI is InChI=1S/C17H28N/c1-3-4-5-6-7-8-12-16-14(2)15-11-9-10-13-17(15)18-16/h3-13H2,1-2H3. The lowest BCUT2D eigenvalue weighted by Crippen LogP contribution is -2.03. The molecule has 0 aromatic rings. The van der Waals surface area contributed by atoms with Crippen molar-refractivity contribution in [1.82, 2.24) is 5.32 Å². The van der Waals surface area contributed by atoms with Gasteiger partial charge < -0.3 is 0 Å². The molecule has 1 heteroatoms. The van der Waals surface area contributed by atoms with Crippen molar-refractivity contribution < 1.29 is 0 Å². The van der Waals surface area contributed by atoms with Crippen LogP contribution in [0.1, 0.15) is 84.5 Å². The van der Waals surface area contributed by atoms with Gasteiger partial charge in [-0.1, -0.05) is 39.0 Å². The fourth-order valence-electron chi connectivity index (χ4n) is 3.15. The van der Waals surface area contributed by atoms with Gasteiger partial charge in [-0.15, -0.1) is 0 Å². The van der Waals surface area contributed by atoms with Crippen LogP contribution in [0.3, 0.4) is 0 Å². The number of unbranched alkanes of at least 4 members (excludes halogenated alkanes) is 5. The van der Waals surface area contributed by atoms with Gasteiger partial charge in [0.15, 0.2) is 0 Å². The number of rotatable bonds is 7. The van der Waals surface area contributed by atoms with Gasteiger partial charge in [0, 0.05) is 11.4 Å². The third-order valence-electron chi connectivity index (χ3n) is 4.36. The number of nitrogens with zero attached hydrogens (tertiary/aromatic N) is 1. The van der Waals surface area contributed by atoms with Gasteiger partial charge in [-0.05, 0) is 56.6 Å². The first kappa shape index (κ1) is 13.7. The highest BCUT2D eigenvalue weighted by Gasteiger charge is 2.24. The molecule has 0 saturated carbocycles. The Morgan fingerprint density at radius 1 is 0.944 bits per heavy atom. The van der Waals surface area contributed by atoms with Crippen molar-refractivity contribution >= 4 is 0 Å². The molecule has 0 amide bonds. The third kappa shape index (κ3) is 3.40. The molecule has 0 saturated heterocycles. The smallest absolute Gasteiger partial charge is 0.0442 e. The first-order chi connectivity index (χ1) is 8.83. The van der Waals surface area contributed by atoms with Crippen LogP contribution in [0.4, 0.5) is 0 Å². The Bertz CT molecular complexity index is 336. The van der Waals surface area contributed by atoms with Gasteiger partial charge in [-0.2, -0.15) is 0 Å². The summed E-state index contributed by atoms with van der Waals surface area (Å²) < 4.78 is 0. The predicted molar refractivity (Wildman–Crippen MR) is 78.3 cm³/mol. The average molecular weight is 246 g/mol. The monoisotopic (exact) mass is 246 g/mol. The molecule has 0 aromatic heterocycles. The fourth-order valence-corrected chi connectivity index (χ4v) is 3.15. The van der Waals surface area contributed by atoms with Gasteiger partial charge in [0.2, 0.25) is 0 Å². The van der Waals surface area contributed by atoms with E-state index in [1.807, 2.05) is 0 Å². The zero-order valence-electron chi connectivity index (χ0n) is 12.2. The normalized spacial score (nSPS) is 19.2. The van der Waals surface area contributed by atoms with Crippen LogP contribution in [-0.4, -0.2) is 0 Å². The summed E-state index contributed by atoms with van der Waals surface area (Å²) in [5, 5.41) is 4.88. The second-order valence-corrected chi connectivity index (χ2v) is 5.83. The lowest BCUT2D eigenvalue weighted by Gasteiger charge is -2.13. The molecule has 0 bridgehead atoms. The summed E-state index contributed by atoms with van der Waals surface area (Å²) in [5.74, 6) is 0. The second-order valence-electron chi connectivity index (χ2n) is 5.83. The summed E-state index contributed by atoms with van der Waals surface area (Å²) in [7, 11) is 0. The van der Waals surface area contributed by atoms with Crippen LogP contribution >= 0.6 is 0 Å². The average Bonchev–Trinajstić information content (AvgIpc) is 2.71. The minimum Gasteiger partial charge on any atom is -0.257 e. The Morgan fingerprint density at radius 2 is 1.67 bits per heavy atom. The Morgan fingerprint density at radius 3 is 2.44 bits per heavy atom. The molecular weight excluding hydrogens is 218 g/mol. The first-order valence-corrected chi connectivity index (χ1v) is 7.96. The molecule has 1 heterocycles. The lowest BCUT2D eigenvalue weighted by molar-refractivity contribution is 0.597. The van der Waals surface area contributed by atoms with E-state index in [9.17, 15) is 0 Å². The van der Waals surface area contributed by atoms with E-state index < -0.39 is 0 Å². The van der Waals surface area contributed by atoms with E-state index in [0.29, 0.717) is 0 Å². The molecule has 1 aliphatic heterocycles. The van der Waals surface area contributed by atoms with Crippen LogP contribution in [0.2, 0.25) is 0 Å². The summed E-state index contributed by atoms with van der Waals surface area (Å²) in [6.45, 7) is 4.57. The molecule has 0 aromatic carbocycles. The number of hydrogen-bond donors (Lipinski definition) is 0. The molecule has 0 atom stereocenters. The maximum absolute atomic E-state index is 4.88. The van der Waals surface area contributed by atoms with Gasteiger partial charge in [0.05, 0.1) is 0 Å². The Kier molecular flexibility index (Phi) is 5.34. The quantitative estimate of drug-likeness (QED) is 0.530. The van der Waals surface area contributed by atoms with E-state index >= 15 is 0 Å². The Balaban J connectivity index is 1.70. The summed E-state index contributed by atoms with van der Waals surface area (Å²) in [6.07, 6.45) is 14.7. The molecule has 1 radical (unpaired) electrons. The first-order valence-electron chi connectivity index (χ1n) is 7.96. The molecule has 1 nitrogen and oxygen atoms in total. The van der Waals surface area contributed by atoms with Crippen LogP contribution in [-0.2, 0) is 0 Å². The topological polar surface area (TPSA) is 14.1 Å². The molecular formula is C17H28N. The van der Waals surface area contributed by atoms with E-state index in [0.717, 1.165) is 0 Å². The zero-order valence-corrected chi connectivity index (χ0v) is 12.2. The van der Waals surface area contributed by atoms with E-state index in [1.165, 1.54) is 87.6 Å². The summed E-state index contributed by atoms with van der Waals surface area (Å²) in [6, 6.07) is 0. The van der Waals surface area contributed by atoms with Crippen LogP contribution < -0.4 is 5.32 Å². The molecule has 0 N–H and O–H groups in total. The van der Waals surface area contributed by atoms with Gasteiger partial charge in [0.1, 0.15) is 0 Å². The van der Waals surface area contributed by atoms with Crippen LogP contribution in [0.25, 0.3) is 0 Å². The highest BCUT2D eigenvalue weighted by Crippen LogP contribution is 2.37. The van der Waals surface area contributed by atoms with Crippen molar-refractivity contribution in [2.24, 2.45) is 0 Å². The third-order valence-corrected chi connectivity index (χ3v) is 4.36. The van der Waals surface area contributed by atoms with Crippen molar-refractivity contribution in [3.63, 3.8) is 0 Å². The van der Waals surface area contributed by atoms with E-state index in [1.54, 1.807) is 5.57 Å². The molecule has 101 valence electrons. The van der Waals surface area contributed by atoms with Crippen LogP contribution in [0.5, 0.6) is 0 Å². The van der Waals surface area contributed by atoms with Crippen molar-refractivity contribution in [3.05, 3.63) is 22.5 Å². The minimum absolute atomic E-state index is 1.21. The van der Waals surface area contributed by atoms with Gasteiger partial charge in [-0.25, -0.2) is 0 Å². The van der Waals surface area contributed by atoms with Gasteiger partial charge in [0.25, 0.3) is 0 Å². The van der Waals surface area contributed by atoms with E-state index in [-0.39, 0.29) is 0 Å². The SMILES string of the molecule is CCCCCCCCC1=C(C)C2=C(CCCC2)[N]1. The molecule has 2 aliphatic rings. The molecule has 1 aliphatic carbocycles. The highest BCUT2D eigenvalue weighted by atomic mass is 14.9. The van der Waals surface area contributed by atoms with Crippen LogP contribution in [0.15, 0.2) is 22.5 Å². The van der Waals surface area contributed by atoms with Gasteiger partial charge >= 0.3 is 0 Å². The molecule has 2 rings (SSSR count). The van der Waals surface area contributed by atoms with Crippen molar-refractivity contribution in [1.29, 1.82) is 0 Å². The Labute approximate surface area is 113 Å². The lowest BCUT2D eigenvalue weighted by atomic mass is 9.93. The molecule has 0 fully saturated rings. The Hall–Kier alpha value is -0.720. The van der Waals surface area contributed by atoms with Crippen molar-refractivity contribution in [3.8, 4) is 0 Å². The maximum Gasteiger partial charge on any atom is 0.0442 e. The minimum atomic E-state index is 1.21. The van der Waals surface area contributed by atoms with E-state index in [4.69, 9.17) is 5.32 Å². The number of allylic oxidation sites excluding steroid dienone is 4. The van der Waals surface area contributed by atoms with Crippen LogP contribution in [0, 0.1) is 0 Å². The summed E-state index contributed by atoms with van der Waals surface area (Å²) in [4.78, 5) is 0. The van der Waals surface area contributed by atoms with Crippen molar-refractivity contribution in [2.75, 3.05) is 0 Å². The highest BCUT2D eigenvalue weighted by molar-refractivity contribution is 5.44. The zero-order chi connectivity index (χ0) is 12.8.